The van der Waals surface area contributed by atoms with Crippen molar-refractivity contribution in [3.8, 4) is 0 Å². The lowest BCUT2D eigenvalue weighted by molar-refractivity contribution is 0.00878. The largest absolute Gasteiger partial charge is 0.390 e. The topological polar surface area (TPSA) is 53.0 Å². The number of aliphatic hydroxyl groups is 1. The van der Waals surface area contributed by atoms with E-state index in [1.807, 2.05) is 5.38 Å². The molecule has 1 aliphatic heterocycles. The fourth-order valence-electron chi connectivity index (χ4n) is 3.42. The Morgan fingerprint density at radius 1 is 1.39 bits per heavy atom. The summed E-state index contributed by atoms with van der Waals surface area (Å²) < 4.78 is 5.32. The third-order valence-corrected chi connectivity index (χ3v) is 5.78. The van der Waals surface area contributed by atoms with Gasteiger partial charge in [-0.3, -0.25) is 9.69 Å². The molecule has 0 spiro atoms. The third-order valence-electron chi connectivity index (χ3n) is 4.70. The van der Waals surface area contributed by atoms with E-state index in [4.69, 9.17) is 4.74 Å². The van der Waals surface area contributed by atoms with Crippen molar-refractivity contribution in [2.45, 2.75) is 31.8 Å². The van der Waals surface area contributed by atoms with E-state index in [1.54, 1.807) is 23.3 Å². The third kappa shape index (κ3) is 4.12. The maximum Gasteiger partial charge on any atom is 0.254 e. The Morgan fingerprint density at radius 2 is 2.13 bits per heavy atom. The van der Waals surface area contributed by atoms with Gasteiger partial charge in [0.15, 0.2) is 0 Å². The number of aliphatic hydroxyl groups excluding tert-OH is 1. The molecule has 6 heteroatoms. The van der Waals surface area contributed by atoms with Gasteiger partial charge in [-0.15, -0.1) is 11.3 Å². The molecule has 0 radical (unpaired) electrons. The van der Waals surface area contributed by atoms with E-state index in [-0.39, 0.29) is 5.91 Å². The van der Waals surface area contributed by atoms with Crippen LogP contribution in [0, 0.1) is 0 Å². The van der Waals surface area contributed by atoms with Gasteiger partial charge >= 0.3 is 0 Å². The maximum absolute atomic E-state index is 12.7. The Labute approximate surface area is 141 Å². The summed E-state index contributed by atoms with van der Waals surface area (Å²) in [5.74, 6) is 0.0467. The SMILES string of the molecule is CN(CC(O)CN1CCOCC1)C(=O)c1csc2c1CCCC2. The molecule has 23 heavy (non-hydrogen) atoms. The van der Waals surface area contributed by atoms with E-state index in [9.17, 15) is 9.90 Å². The first-order valence-electron chi connectivity index (χ1n) is 8.48. The fourth-order valence-corrected chi connectivity index (χ4v) is 4.54. The molecule has 0 bridgehead atoms. The number of rotatable bonds is 5. The number of β-amino-alcohol motifs (C(OH)–C–C–N with tert-alkyl or cyclic N) is 1. The molecule has 1 atom stereocenters. The first-order valence-corrected chi connectivity index (χ1v) is 9.36. The molecule has 1 saturated heterocycles. The molecule has 0 aromatic carbocycles. The van der Waals surface area contributed by atoms with Crippen LogP contribution in [0.2, 0.25) is 0 Å². The Morgan fingerprint density at radius 3 is 2.91 bits per heavy atom. The fraction of sp³-hybridized carbons (Fsp3) is 0.706. The number of fused-ring (bicyclic) bond motifs is 1. The molecule has 1 aromatic rings. The lowest BCUT2D eigenvalue weighted by atomic mass is 9.95. The smallest absolute Gasteiger partial charge is 0.254 e. The molecule has 1 N–H and O–H groups in total. The van der Waals surface area contributed by atoms with Crippen molar-refractivity contribution in [2.75, 3.05) is 46.4 Å². The van der Waals surface area contributed by atoms with Gasteiger partial charge in [0.25, 0.3) is 5.91 Å². The Bertz CT molecular complexity index is 540. The number of carbonyl (C=O) groups is 1. The summed E-state index contributed by atoms with van der Waals surface area (Å²) in [6.07, 6.45) is 4.01. The van der Waals surface area contributed by atoms with Gasteiger partial charge in [0.05, 0.1) is 24.9 Å². The van der Waals surface area contributed by atoms with Gasteiger partial charge in [0.1, 0.15) is 0 Å². The first kappa shape index (κ1) is 16.9. The highest BCUT2D eigenvalue weighted by atomic mass is 32.1. The van der Waals surface area contributed by atoms with Gasteiger partial charge < -0.3 is 14.7 Å². The second-order valence-electron chi connectivity index (χ2n) is 6.51. The summed E-state index contributed by atoms with van der Waals surface area (Å²) in [6.45, 7) is 4.13. The Balaban J connectivity index is 1.55. The van der Waals surface area contributed by atoms with Crippen LogP contribution in [0.15, 0.2) is 5.38 Å². The molecule has 0 saturated carbocycles. The van der Waals surface area contributed by atoms with E-state index >= 15 is 0 Å². The van der Waals surface area contributed by atoms with E-state index in [0.29, 0.717) is 13.1 Å². The zero-order valence-electron chi connectivity index (χ0n) is 13.8. The zero-order valence-corrected chi connectivity index (χ0v) is 14.6. The normalized spacial score (nSPS) is 20.1. The van der Waals surface area contributed by atoms with Crippen LogP contribution >= 0.6 is 11.3 Å². The molecule has 1 unspecified atom stereocenters. The summed E-state index contributed by atoms with van der Waals surface area (Å²) in [4.78, 5) is 17.9. The average molecular weight is 338 g/mol. The highest BCUT2D eigenvalue weighted by Gasteiger charge is 2.24. The van der Waals surface area contributed by atoms with Crippen molar-refractivity contribution in [1.82, 2.24) is 9.80 Å². The summed E-state index contributed by atoms with van der Waals surface area (Å²) in [6, 6.07) is 0. The minimum atomic E-state index is -0.517. The minimum Gasteiger partial charge on any atom is -0.390 e. The highest BCUT2D eigenvalue weighted by Crippen LogP contribution is 2.30. The number of hydrogen-bond donors (Lipinski definition) is 1. The van der Waals surface area contributed by atoms with Crippen LogP contribution < -0.4 is 0 Å². The maximum atomic E-state index is 12.7. The van der Waals surface area contributed by atoms with Gasteiger partial charge in [-0.1, -0.05) is 0 Å². The number of likely N-dealkylation sites (N-methyl/N-ethyl adjacent to an activating group) is 1. The molecular formula is C17H26N2O3S. The van der Waals surface area contributed by atoms with E-state index in [2.05, 4.69) is 4.90 Å². The predicted octanol–water partition coefficient (Wildman–Crippen LogP) is 1.39. The zero-order chi connectivity index (χ0) is 16.2. The number of amides is 1. The molecular weight excluding hydrogens is 312 g/mol. The average Bonchev–Trinajstić information content (AvgIpc) is 2.99. The number of ether oxygens (including phenoxy) is 1. The number of thiophene rings is 1. The summed E-state index contributed by atoms with van der Waals surface area (Å²) >= 11 is 1.71. The number of hydrogen-bond acceptors (Lipinski definition) is 5. The van der Waals surface area contributed by atoms with Crippen LogP contribution in [0.25, 0.3) is 0 Å². The molecule has 1 aliphatic carbocycles. The molecule has 2 aliphatic rings. The number of morpholine rings is 1. The highest BCUT2D eigenvalue weighted by molar-refractivity contribution is 7.10. The first-order chi connectivity index (χ1) is 11.1. The van der Waals surface area contributed by atoms with Gasteiger partial charge in [-0.05, 0) is 31.2 Å². The van der Waals surface area contributed by atoms with E-state index in [1.165, 1.54) is 23.3 Å². The lowest BCUT2D eigenvalue weighted by Gasteiger charge is -2.30. The molecule has 3 rings (SSSR count). The van der Waals surface area contributed by atoms with Gasteiger partial charge in [0.2, 0.25) is 0 Å². The van der Waals surface area contributed by atoms with E-state index < -0.39 is 6.10 Å². The molecule has 1 amide bonds. The van der Waals surface area contributed by atoms with E-state index in [0.717, 1.165) is 44.7 Å². The second kappa shape index (κ2) is 7.75. The van der Waals surface area contributed by atoms with Crippen molar-refractivity contribution < 1.29 is 14.6 Å². The number of aryl methyl sites for hydroxylation is 1. The van der Waals surface area contributed by atoms with Crippen LogP contribution in [0.5, 0.6) is 0 Å². The Hall–Kier alpha value is -0.950. The summed E-state index contributed by atoms with van der Waals surface area (Å²) in [5.41, 5.74) is 2.10. The quantitative estimate of drug-likeness (QED) is 0.882. The molecule has 1 fully saturated rings. The van der Waals surface area contributed by atoms with Crippen LogP contribution in [-0.2, 0) is 17.6 Å². The van der Waals surface area contributed by atoms with Crippen LogP contribution in [0.3, 0.4) is 0 Å². The van der Waals surface area contributed by atoms with Crippen molar-refractivity contribution in [2.24, 2.45) is 0 Å². The summed E-state index contributed by atoms with van der Waals surface area (Å²) in [5, 5.41) is 12.3. The number of carbonyl (C=O) groups excluding carboxylic acids is 1. The van der Waals surface area contributed by atoms with Crippen LogP contribution in [0.4, 0.5) is 0 Å². The lowest BCUT2D eigenvalue weighted by Crippen LogP contribution is -2.45. The molecule has 1 aromatic heterocycles. The predicted molar refractivity (Wildman–Crippen MR) is 91.2 cm³/mol. The van der Waals surface area contributed by atoms with Crippen molar-refractivity contribution in [3.05, 3.63) is 21.4 Å². The van der Waals surface area contributed by atoms with Crippen molar-refractivity contribution in [3.63, 3.8) is 0 Å². The van der Waals surface area contributed by atoms with Gasteiger partial charge in [-0.25, -0.2) is 0 Å². The van der Waals surface area contributed by atoms with Crippen LogP contribution in [-0.4, -0.2) is 73.4 Å². The minimum absolute atomic E-state index is 0.0467. The monoisotopic (exact) mass is 338 g/mol. The second-order valence-corrected chi connectivity index (χ2v) is 7.47. The van der Waals surface area contributed by atoms with Crippen molar-refractivity contribution in [1.29, 1.82) is 0 Å². The molecule has 5 nitrogen and oxygen atoms in total. The van der Waals surface area contributed by atoms with Gasteiger partial charge in [-0.2, -0.15) is 0 Å². The number of nitrogens with zero attached hydrogens (tertiary/aromatic N) is 2. The standard InChI is InChI=1S/C17H26N2O3S/c1-18(10-13(20)11-19-6-8-22-9-7-19)17(21)15-12-23-16-5-3-2-4-14(15)16/h12-13,20H,2-11H2,1H3. The van der Waals surface area contributed by atoms with Crippen molar-refractivity contribution >= 4 is 17.2 Å². The van der Waals surface area contributed by atoms with Crippen LogP contribution in [0.1, 0.15) is 33.6 Å². The van der Waals surface area contributed by atoms with Gasteiger partial charge in [0, 0.05) is 43.5 Å². The molecule has 128 valence electrons. The molecule has 2 heterocycles. The summed E-state index contributed by atoms with van der Waals surface area (Å²) in [7, 11) is 1.79. The Kier molecular flexibility index (Phi) is 5.69.